The molecule has 1 aliphatic rings. The lowest BCUT2D eigenvalue weighted by atomic mass is 9.98. The van der Waals surface area contributed by atoms with Gasteiger partial charge in [0.15, 0.2) is 0 Å². The lowest BCUT2D eigenvalue weighted by Crippen LogP contribution is -2.48. The van der Waals surface area contributed by atoms with Crippen molar-refractivity contribution in [2.24, 2.45) is 0 Å². The molecule has 8 heteroatoms. The third-order valence-corrected chi connectivity index (χ3v) is 6.05. The van der Waals surface area contributed by atoms with E-state index in [1.165, 1.54) is 0 Å². The highest BCUT2D eigenvalue weighted by molar-refractivity contribution is 6.42. The van der Waals surface area contributed by atoms with Crippen molar-refractivity contribution < 1.29 is 28.2 Å². The van der Waals surface area contributed by atoms with Gasteiger partial charge in [0, 0.05) is 17.5 Å². The first-order chi connectivity index (χ1) is 13.5. The predicted molar refractivity (Wildman–Crippen MR) is 105 cm³/mol. The van der Waals surface area contributed by atoms with Crippen molar-refractivity contribution in [3.63, 3.8) is 0 Å². The van der Waals surface area contributed by atoms with Gasteiger partial charge >= 0.3 is 15.3 Å². The van der Waals surface area contributed by atoms with Crippen LogP contribution in [0.25, 0.3) is 0 Å². The summed E-state index contributed by atoms with van der Waals surface area (Å²) in [6.07, 6.45) is -0.384. The highest BCUT2D eigenvalue weighted by Crippen LogP contribution is 2.33. The monoisotopic (exact) mass is 405 g/mol. The Morgan fingerprint density at radius 1 is 1.39 bits per heavy atom. The predicted octanol–water partition coefficient (Wildman–Crippen LogP) is 2.38. The van der Waals surface area contributed by atoms with Crippen LogP contribution in [0, 0.1) is 6.92 Å². The Labute approximate surface area is 166 Å². The van der Waals surface area contributed by atoms with Gasteiger partial charge in [0.05, 0.1) is 25.4 Å². The van der Waals surface area contributed by atoms with Crippen LogP contribution in [0.4, 0.5) is 0 Å². The summed E-state index contributed by atoms with van der Waals surface area (Å²) >= 11 is 0. The van der Waals surface area contributed by atoms with Gasteiger partial charge in [-0.15, -0.1) is 0 Å². The first-order valence-electron chi connectivity index (χ1n) is 9.46. The van der Waals surface area contributed by atoms with Crippen molar-refractivity contribution in [2.45, 2.75) is 45.3 Å². The van der Waals surface area contributed by atoms with Crippen LogP contribution in [0.15, 0.2) is 36.5 Å². The average molecular weight is 406 g/mol. The van der Waals surface area contributed by atoms with Gasteiger partial charge in [-0.25, -0.2) is 4.79 Å². The molecule has 2 heterocycles. The van der Waals surface area contributed by atoms with Crippen molar-refractivity contribution >= 4 is 15.3 Å². The molecule has 0 aliphatic carbocycles. The molecular formula is C20H27NO6Si. The van der Waals surface area contributed by atoms with Crippen molar-refractivity contribution in [3.8, 4) is 0 Å². The van der Waals surface area contributed by atoms with Gasteiger partial charge in [-0.1, -0.05) is 30.3 Å². The number of carbonyl (C=O) groups is 1. The van der Waals surface area contributed by atoms with E-state index in [9.17, 15) is 9.90 Å². The van der Waals surface area contributed by atoms with Crippen molar-refractivity contribution in [2.75, 3.05) is 13.2 Å². The normalized spacial score (nSPS) is 23.4. The number of hydrogen-bond acceptors (Lipinski definition) is 6. The number of hydrogen-bond donors (Lipinski definition) is 2. The second kappa shape index (κ2) is 9.49. The maximum atomic E-state index is 12.5. The Balaban J connectivity index is 1.93. The summed E-state index contributed by atoms with van der Waals surface area (Å²) in [5.41, 5.74) is 2.73. The first-order valence-corrected chi connectivity index (χ1v) is 11.6. The van der Waals surface area contributed by atoms with Gasteiger partial charge in [-0.05, 0) is 26.0 Å². The molecule has 7 nitrogen and oxygen atoms in total. The van der Waals surface area contributed by atoms with E-state index in [2.05, 4.69) is 4.98 Å². The number of aryl methyl sites for hydroxylation is 1. The molecule has 4 atom stereocenters. The van der Waals surface area contributed by atoms with Crippen LogP contribution < -0.4 is 0 Å². The number of carbonyl (C=O) groups excluding carboxylic acids is 1. The number of aromatic amines is 1. The van der Waals surface area contributed by atoms with E-state index in [-0.39, 0.29) is 13.2 Å². The van der Waals surface area contributed by atoms with Gasteiger partial charge < -0.3 is 28.4 Å². The maximum absolute atomic E-state index is 12.5. The molecule has 0 saturated carbocycles. The molecule has 0 radical (unpaired) electrons. The lowest BCUT2D eigenvalue weighted by Gasteiger charge is -2.37. The van der Waals surface area contributed by atoms with Gasteiger partial charge in [0.1, 0.15) is 18.3 Å². The molecule has 2 aromatic rings. The largest absolute Gasteiger partial charge is 0.462 e. The second-order valence-corrected chi connectivity index (χ2v) is 8.49. The van der Waals surface area contributed by atoms with Gasteiger partial charge in [0.25, 0.3) is 0 Å². The third kappa shape index (κ3) is 4.71. The Kier molecular flexibility index (Phi) is 7.03. The van der Waals surface area contributed by atoms with Crippen molar-refractivity contribution in [3.05, 3.63) is 58.9 Å². The van der Waals surface area contributed by atoms with Gasteiger partial charge in [-0.2, -0.15) is 0 Å². The SMILES string of the molecule is CCOC(=O)c1c([C@@H](OCc2ccccc2)C2O[SiH](C)OC[C@H]2O)c[nH]c1C. The number of esters is 1. The topological polar surface area (TPSA) is 90.0 Å². The highest BCUT2D eigenvalue weighted by Gasteiger charge is 2.39. The van der Waals surface area contributed by atoms with Crippen LogP contribution in [0.5, 0.6) is 0 Å². The number of benzene rings is 1. The quantitative estimate of drug-likeness (QED) is 0.543. The summed E-state index contributed by atoms with van der Waals surface area (Å²) in [4.78, 5) is 15.6. The molecule has 1 aliphatic heterocycles. The van der Waals surface area contributed by atoms with E-state index in [1.54, 1.807) is 13.1 Å². The number of rotatable bonds is 7. The Bertz CT molecular complexity index is 780. The van der Waals surface area contributed by atoms with Crippen LogP contribution >= 0.6 is 0 Å². The third-order valence-electron chi connectivity index (χ3n) is 4.69. The van der Waals surface area contributed by atoms with E-state index in [1.807, 2.05) is 43.8 Å². The van der Waals surface area contributed by atoms with Crippen LogP contribution in [-0.4, -0.2) is 50.8 Å². The molecular weight excluding hydrogens is 378 g/mol. The Morgan fingerprint density at radius 2 is 2.14 bits per heavy atom. The minimum Gasteiger partial charge on any atom is -0.462 e. The standard InChI is InChI=1S/C20H27NO6Si/c1-4-24-20(23)17-13(2)21-10-15(17)18(19-16(22)12-26-28(3)27-19)25-11-14-8-6-5-7-9-14/h5-10,16,18-19,21-22,28H,4,11-12H2,1-3H3/t16-,18-,19?,28?/m1/s1. The van der Waals surface area contributed by atoms with Gasteiger partial charge in [-0.3, -0.25) is 0 Å². The number of aromatic nitrogens is 1. The van der Waals surface area contributed by atoms with Crippen LogP contribution in [0.2, 0.25) is 6.55 Å². The van der Waals surface area contributed by atoms with Crippen LogP contribution in [0.3, 0.4) is 0 Å². The summed E-state index contributed by atoms with van der Waals surface area (Å²) in [5, 5.41) is 10.5. The zero-order valence-corrected chi connectivity index (χ0v) is 17.5. The number of aliphatic hydroxyl groups excluding tert-OH is 1. The molecule has 28 heavy (non-hydrogen) atoms. The lowest BCUT2D eigenvalue weighted by molar-refractivity contribution is -0.125. The maximum Gasteiger partial charge on any atom is 0.340 e. The van der Waals surface area contributed by atoms with E-state index < -0.39 is 33.6 Å². The minimum atomic E-state index is -1.88. The summed E-state index contributed by atoms with van der Waals surface area (Å²) < 4.78 is 22.9. The summed E-state index contributed by atoms with van der Waals surface area (Å²) in [6.45, 7) is 6.27. The second-order valence-electron chi connectivity index (χ2n) is 6.75. The average Bonchev–Trinajstić information content (AvgIpc) is 3.07. The van der Waals surface area contributed by atoms with Crippen molar-refractivity contribution in [1.29, 1.82) is 0 Å². The van der Waals surface area contributed by atoms with E-state index in [4.69, 9.17) is 18.3 Å². The van der Waals surface area contributed by atoms with Crippen LogP contribution in [-0.2, 0) is 24.9 Å². The molecule has 0 spiro atoms. The first kappa shape index (κ1) is 20.8. The van der Waals surface area contributed by atoms with Gasteiger partial charge in [0.2, 0.25) is 0 Å². The zero-order valence-electron chi connectivity index (χ0n) is 16.4. The number of aliphatic hydroxyl groups is 1. The molecule has 0 bridgehead atoms. The fourth-order valence-electron chi connectivity index (χ4n) is 3.32. The van der Waals surface area contributed by atoms with E-state index >= 15 is 0 Å². The van der Waals surface area contributed by atoms with Crippen molar-refractivity contribution in [1.82, 2.24) is 4.98 Å². The minimum absolute atomic E-state index is 0.196. The van der Waals surface area contributed by atoms with Crippen LogP contribution in [0.1, 0.15) is 40.2 Å². The molecule has 1 fully saturated rings. The molecule has 0 amide bonds. The highest BCUT2D eigenvalue weighted by atomic mass is 28.3. The summed E-state index contributed by atoms with van der Waals surface area (Å²) in [7, 11) is -1.88. The van der Waals surface area contributed by atoms with E-state index in [0.717, 1.165) is 5.56 Å². The Hall–Kier alpha value is -1.97. The molecule has 1 saturated heterocycles. The molecule has 1 aromatic carbocycles. The number of H-pyrrole nitrogens is 1. The molecule has 3 rings (SSSR count). The smallest absolute Gasteiger partial charge is 0.340 e. The Morgan fingerprint density at radius 3 is 2.86 bits per heavy atom. The summed E-state index contributed by atoms with van der Waals surface area (Å²) in [6, 6.07) is 9.74. The molecule has 2 N–H and O–H groups in total. The number of ether oxygens (including phenoxy) is 2. The summed E-state index contributed by atoms with van der Waals surface area (Å²) in [5.74, 6) is -0.420. The molecule has 2 unspecified atom stereocenters. The van der Waals surface area contributed by atoms with E-state index in [0.29, 0.717) is 23.4 Å². The fraction of sp³-hybridized carbons (Fsp3) is 0.450. The molecule has 1 aromatic heterocycles. The number of nitrogens with one attached hydrogen (secondary N) is 1. The molecule has 152 valence electrons. The fourth-order valence-corrected chi connectivity index (χ4v) is 4.63. The zero-order chi connectivity index (χ0) is 20.1.